The molecule has 2 aromatic carbocycles. The second kappa shape index (κ2) is 9.60. The molecule has 1 saturated carbocycles. The van der Waals surface area contributed by atoms with E-state index in [1.807, 2.05) is 24.3 Å². The summed E-state index contributed by atoms with van der Waals surface area (Å²) in [5.41, 5.74) is 8.63. The van der Waals surface area contributed by atoms with Gasteiger partial charge in [0.25, 0.3) is 10.1 Å². The molecule has 0 bridgehead atoms. The molecule has 0 unspecified atom stereocenters. The number of hydrogen-bond acceptors (Lipinski definition) is 5. The largest absolute Gasteiger partial charge is 0.338 e. The third-order valence-corrected chi connectivity index (χ3v) is 6.39. The van der Waals surface area contributed by atoms with Gasteiger partial charge < -0.3 is 11.1 Å². The Labute approximate surface area is 183 Å². The lowest BCUT2D eigenvalue weighted by Gasteiger charge is -2.32. The van der Waals surface area contributed by atoms with Gasteiger partial charge in [-0.25, -0.2) is 0 Å². The summed E-state index contributed by atoms with van der Waals surface area (Å²) in [7, 11) is -4.06. The number of nitrogens with two attached hydrogens (primary N) is 1. The first-order valence-electron chi connectivity index (χ1n) is 10.3. The molecule has 1 amide bonds. The molecule has 1 aliphatic rings. The highest BCUT2D eigenvalue weighted by Gasteiger charge is 2.36. The Morgan fingerprint density at radius 1 is 1.03 bits per heavy atom. The Hall–Kier alpha value is -2.73. The van der Waals surface area contributed by atoms with Crippen LogP contribution in [0.2, 0.25) is 0 Å². The average molecular weight is 442 g/mol. The third kappa shape index (κ3) is 6.37. The van der Waals surface area contributed by atoms with Crippen molar-refractivity contribution in [2.75, 3.05) is 0 Å². The standard InChI is InChI=1S/C23H27N3O4S/c24-15-21(26-22(27)23(25)12-2-1-3-13-23)14-17-4-8-19(9-5-17)20-10-6-18(7-11-20)16-31(28,29)30/h4-11,21H,1-3,12-14,16,25H2,(H,26,27)(H,28,29,30)/t21-/m0/s1. The molecule has 164 valence electrons. The minimum Gasteiger partial charge on any atom is -0.338 e. The predicted octanol–water partition coefficient (Wildman–Crippen LogP) is 2.95. The maximum absolute atomic E-state index is 12.6. The van der Waals surface area contributed by atoms with Crippen LogP contribution in [0.4, 0.5) is 0 Å². The van der Waals surface area contributed by atoms with E-state index in [1.54, 1.807) is 24.3 Å². The van der Waals surface area contributed by atoms with Crippen LogP contribution in [0.5, 0.6) is 0 Å². The van der Waals surface area contributed by atoms with Crippen LogP contribution in [0.3, 0.4) is 0 Å². The number of carbonyl (C=O) groups excluding carboxylic acids is 1. The molecular weight excluding hydrogens is 414 g/mol. The number of carbonyl (C=O) groups is 1. The molecule has 0 radical (unpaired) electrons. The number of amides is 1. The highest BCUT2D eigenvalue weighted by atomic mass is 32.2. The second-order valence-electron chi connectivity index (χ2n) is 8.20. The SMILES string of the molecule is N#C[C@H](Cc1ccc(-c2ccc(CS(=O)(=O)O)cc2)cc1)NC(=O)C1(N)CCCCC1. The number of hydrogen-bond donors (Lipinski definition) is 3. The first kappa shape index (κ1) is 22.9. The topological polar surface area (TPSA) is 133 Å². The predicted molar refractivity (Wildman–Crippen MR) is 118 cm³/mol. The molecule has 1 atom stereocenters. The van der Waals surface area contributed by atoms with E-state index in [9.17, 15) is 18.5 Å². The fourth-order valence-electron chi connectivity index (χ4n) is 3.91. The number of nitrogens with zero attached hydrogens (tertiary/aromatic N) is 1. The fourth-order valence-corrected chi connectivity index (χ4v) is 4.53. The molecule has 8 heteroatoms. The molecule has 3 rings (SSSR count). The van der Waals surface area contributed by atoms with Gasteiger partial charge in [0.15, 0.2) is 0 Å². The summed E-state index contributed by atoms with van der Waals surface area (Å²) in [6, 6.07) is 16.0. The Balaban J connectivity index is 1.62. The van der Waals surface area contributed by atoms with E-state index in [0.717, 1.165) is 36.0 Å². The number of rotatable bonds is 7. The van der Waals surface area contributed by atoms with Gasteiger partial charge in [-0.2, -0.15) is 13.7 Å². The first-order chi connectivity index (χ1) is 14.7. The maximum atomic E-state index is 12.6. The van der Waals surface area contributed by atoms with Gasteiger partial charge in [-0.05, 0) is 35.1 Å². The zero-order chi connectivity index (χ0) is 22.5. The van der Waals surface area contributed by atoms with Crippen LogP contribution in [-0.2, 0) is 27.1 Å². The Morgan fingerprint density at radius 2 is 1.55 bits per heavy atom. The smallest absolute Gasteiger partial charge is 0.269 e. The molecular formula is C23H27N3O4S. The lowest BCUT2D eigenvalue weighted by atomic mass is 9.81. The van der Waals surface area contributed by atoms with E-state index in [2.05, 4.69) is 11.4 Å². The van der Waals surface area contributed by atoms with Gasteiger partial charge in [-0.1, -0.05) is 67.8 Å². The lowest BCUT2D eigenvalue weighted by molar-refractivity contribution is -0.127. The normalized spacial score (nSPS) is 16.8. The molecule has 1 aliphatic carbocycles. The van der Waals surface area contributed by atoms with Crippen molar-refractivity contribution >= 4 is 16.0 Å². The molecule has 2 aromatic rings. The van der Waals surface area contributed by atoms with Crippen LogP contribution >= 0.6 is 0 Å². The maximum Gasteiger partial charge on any atom is 0.269 e. The number of nitrogens with one attached hydrogen (secondary N) is 1. The van der Waals surface area contributed by atoms with Crippen molar-refractivity contribution in [2.24, 2.45) is 5.73 Å². The van der Waals surface area contributed by atoms with Crippen molar-refractivity contribution in [3.8, 4) is 17.2 Å². The van der Waals surface area contributed by atoms with Gasteiger partial charge in [-0.3, -0.25) is 9.35 Å². The summed E-state index contributed by atoms with van der Waals surface area (Å²) in [4.78, 5) is 12.6. The van der Waals surface area contributed by atoms with Gasteiger partial charge in [0.05, 0.1) is 11.6 Å². The average Bonchev–Trinajstić information content (AvgIpc) is 2.74. The molecule has 0 spiro atoms. The van der Waals surface area contributed by atoms with E-state index in [1.165, 1.54) is 0 Å². The van der Waals surface area contributed by atoms with Gasteiger partial charge in [0.1, 0.15) is 11.8 Å². The fraction of sp³-hybridized carbons (Fsp3) is 0.391. The van der Waals surface area contributed by atoms with E-state index in [0.29, 0.717) is 24.8 Å². The van der Waals surface area contributed by atoms with Crippen LogP contribution in [0.1, 0.15) is 43.2 Å². The third-order valence-electron chi connectivity index (χ3n) is 5.69. The molecule has 0 saturated heterocycles. The van der Waals surface area contributed by atoms with Gasteiger partial charge in [0, 0.05) is 6.42 Å². The lowest BCUT2D eigenvalue weighted by Crippen LogP contribution is -2.57. The number of nitriles is 1. The Kier molecular flexibility index (Phi) is 7.11. The minimum absolute atomic E-state index is 0.250. The van der Waals surface area contributed by atoms with E-state index >= 15 is 0 Å². The second-order valence-corrected chi connectivity index (χ2v) is 9.65. The molecule has 0 aromatic heterocycles. The summed E-state index contributed by atoms with van der Waals surface area (Å²) < 4.78 is 30.9. The summed E-state index contributed by atoms with van der Waals surface area (Å²) >= 11 is 0. The Morgan fingerprint density at radius 3 is 2.03 bits per heavy atom. The monoisotopic (exact) mass is 441 g/mol. The molecule has 0 heterocycles. The van der Waals surface area contributed by atoms with Gasteiger partial charge in [0.2, 0.25) is 5.91 Å². The summed E-state index contributed by atoms with van der Waals surface area (Å²) in [5, 5.41) is 12.3. The summed E-state index contributed by atoms with van der Waals surface area (Å²) in [5.74, 6) is -0.669. The van der Waals surface area contributed by atoms with Crippen LogP contribution in [0.25, 0.3) is 11.1 Å². The van der Waals surface area contributed by atoms with Crippen molar-refractivity contribution in [3.05, 3.63) is 59.7 Å². The van der Waals surface area contributed by atoms with Crippen molar-refractivity contribution in [1.82, 2.24) is 5.32 Å². The summed E-state index contributed by atoms with van der Waals surface area (Å²) in [6.45, 7) is 0. The molecule has 7 nitrogen and oxygen atoms in total. The van der Waals surface area contributed by atoms with Crippen LogP contribution < -0.4 is 11.1 Å². The Bertz CT molecular complexity index is 1050. The first-order valence-corrected chi connectivity index (χ1v) is 11.9. The molecule has 31 heavy (non-hydrogen) atoms. The minimum atomic E-state index is -4.06. The van der Waals surface area contributed by atoms with Crippen molar-refractivity contribution in [2.45, 2.75) is 55.9 Å². The molecule has 0 aliphatic heterocycles. The highest BCUT2D eigenvalue weighted by molar-refractivity contribution is 7.85. The van der Waals surface area contributed by atoms with E-state index in [-0.39, 0.29) is 5.91 Å². The van der Waals surface area contributed by atoms with Crippen molar-refractivity contribution in [1.29, 1.82) is 5.26 Å². The van der Waals surface area contributed by atoms with Crippen molar-refractivity contribution in [3.63, 3.8) is 0 Å². The summed E-state index contributed by atoms with van der Waals surface area (Å²) in [6.07, 6.45) is 4.62. The van der Waals surface area contributed by atoms with E-state index < -0.39 is 27.5 Å². The zero-order valence-corrected chi connectivity index (χ0v) is 18.1. The van der Waals surface area contributed by atoms with Crippen LogP contribution in [0.15, 0.2) is 48.5 Å². The van der Waals surface area contributed by atoms with Crippen molar-refractivity contribution < 1.29 is 17.8 Å². The molecule has 4 N–H and O–H groups in total. The van der Waals surface area contributed by atoms with E-state index in [4.69, 9.17) is 10.3 Å². The van der Waals surface area contributed by atoms with Gasteiger partial charge in [-0.15, -0.1) is 0 Å². The zero-order valence-electron chi connectivity index (χ0n) is 17.3. The molecule has 1 fully saturated rings. The highest BCUT2D eigenvalue weighted by Crippen LogP contribution is 2.26. The van der Waals surface area contributed by atoms with Crippen LogP contribution in [0, 0.1) is 11.3 Å². The number of benzene rings is 2. The van der Waals surface area contributed by atoms with Crippen LogP contribution in [-0.4, -0.2) is 30.5 Å². The quantitative estimate of drug-likeness (QED) is 0.566. The van der Waals surface area contributed by atoms with Gasteiger partial charge >= 0.3 is 0 Å².